The molecule has 98 valence electrons. The second-order valence-corrected chi connectivity index (χ2v) is 4.92. The van der Waals surface area contributed by atoms with Crippen molar-refractivity contribution in [2.75, 3.05) is 30.7 Å². The van der Waals surface area contributed by atoms with E-state index in [0.29, 0.717) is 6.42 Å². The molecule has 3 N–H and O–H groups in total. The molecule has 4 heteroatoms. The van der Waals surface area contributed by atoms with Gasteiger partial charge in [-0.25, -0.2) is 0 Å². The molecule has 1 heterocycles. The van der Waals surface area contributed by atoms with E-state index >= 15 is 0 Å². The van der Waals surface area contributed by atoms with Crippen LogP contribution in [0.25, 0.3) is 0 Å². The highest BCUT2D eigenvalue weighted by Gasteiger charge is 2.13. The fraction of sp³-hybridized carbons (Fsp3) is 0.500. The van der Waals surface area contributed by atoms with Gasteiger partial charge in [-0.1, -0.05) is 0 Å². The van der Waals surface area contributed by atoms with Crippen molar-refractivity contribution in [3.05, 3.63) is 23.8 Å². The summed E-state index contributed by atoms with van der Waals surface area (Å²) >= 11 is 0. The molecule has 1 amide bonds. The highest BCUT2D eigenvalue weighted by atomic mass is 16.1. The smallest absolute Gasteiger partial charge is 0.225 e. The van der Waals surface area contributed by atoms with E-state index in [9.17, 15) is 4.79 Å². The third kappa shape index (κ3) is 3.47. The van der Waals surface area contributed by atoms with Crippen molar-refractivity contribution in [2.45, 2.75) is 26.2 Å². The summed E-state index contributed by atoms with van der Waals surface area (Å²) in [5, 5.41) is 2.94. The summed E-state index contributed by atoms with van der Waals surface area (Å²) in [5.74, 6) is 0.0785. The summed E-state index contributed by atoms with van der Waals surface area (Å²) in [7, 11) is 0. The van der Waals surface area contributed by atoms with Crippen LogP contribution >= 0.6 is 0 Å². The number of anilines is 2. The molecule has 0 unspecified atom stereocenters. The Morgan fingerprint density at radius 1 is 1.39 bits per heavy atom. The topological polar surface area (TPSA) is 58.4 Å². The van der Waals surface area contributed by atoms with Crippen LogP contribution in [0.3, 0.4) is 0 Å². The quantitative estimate of drug-likeness (QED) is 0.800. The predicted molar refractivity (Wildman–Crippen MR) is 74.5 cm³/mol. The summed E-state index contributed by atoms with van der Waals surface area (Å²) < 4.78 is 0. The van der Waals surface area contributed by atoms with Crippen LogP contribution in [-0.4, -0.2) is 30.4 Å². The molecule has 0 saturated carbocycles. The van der Waals surface area contributed by atoms with E-state index < -0.39 is 0 Å². The Bertz CT molecular complexity index is 425. The Morgan fingerprint density at radius 3 is 2.78 bits per heavy atom. The van der Waals surface area contributed by atoms with Crippen molar-refractivity contribution in [3.63, 3.8) is 0 Å². The maximum atomic E-state index is 11.8. The fourth-order valence-corrected chi connectivity index (χ4v) is 2.31. The monoisotopic (exact) mass is 247 g/mol. The molecule has 1 aromatic carbocycles. The molecule has 0 aliphatic carbocycles. The summed E-state index contributed by atoms with van der Waals surface area (Å²) in [4.78, 5) is 14.2. The maximum Gasteiger partial charge on any atom is 0.225 e. The minimum atomic E-state index is 0.0785. The summed E-state index contributed by atoms with van der Waals surface area (Å²) in [6, 6.07) is 5.54. The Hall–Kier alpha value is -1.55. The van der Waals surface area contributed by atoms with Crippen LogP contribution in [0.1, 0.15) is 24.8 Å². The molecule has 0 atom stereocenters. The SMILES string of the molecule is Cc1cc(N)ccc1NC(=O)CCN1CCCC1. The van der Waals surface area contributed by atoms with Gasteiger partial charge in [0, 0.05) is 24.3 Å². The molecule has 2 rings (SSSR count). The first-order chi connectivity index (χ1) is 8.65. The number of carbonyl (C=O) groups excluding carboxylic acids is 1. The number of hydrogen-bond donors (Lipinski definition) is 2. The number of rotatable bonds is 4. The fourth-order valence-electron chi connectivity index (χ4n) is 2.31. The lowest BCUT2D eigenvalue weighted by molar-refractivity contribution is -0.116. The van der Waals surface area contributed by atoms with Gasteiger partial charge in [0.15, 0.2) is 0 Å². The molecule has 1 aliphatic heterocycles. The Labute approximate surface area is 108 Å². The van der Waals surface area contributed by atoms with Crippen molar-refractivity contribution < 1.29 is 4.79 Å². The number of nitrogens with two attached hydrogens (primary N) is 1. The van der Waals surface area contributed by atoms with Crippen LogP contribution in [0.5, 0.6) is 0 Å². The highest BCUT2D eigenvalue weighted by Crippen LogP contribution is 2.18. The van der Waals surface area contributed by atoms with Crippen molar-refractivity contribution in [1.29, 1.82) is 0 Å². The largest absolute Gasteiger partial charge is 0.399 e. The zero-order valence-electron chi connectivity index (χ0n) is 10.9. The van der Waals surface area contributed by atoms with Gasteiger partial charge in [0.05, 0.1) is 0 Å². The van der Waals surface area contributed by atoms with Gasteiger partial charge in [-0.2, -0.15) is 0 Å². The number of nitrogens with one attached hydrogen (secondary N) is 1. The first-order valence-electron chi connectivity index (χ1n) is 6.53. The first-order valence-corrected chi connectivity index (χ1v) is 6.53. The van der Waals surface area contributed by atoms with E-state index in [1.165, 1.54) is 12.8 Å². The third-order valence-corrected chi connectivity index (χ3v) is 3.38. The van der Waals surface area contributed by atoms with Gasteiger partial charge in [0.25, 0.3) is 0 Å². The molecule has 1 saturated heterocycles. The Morgan fingerprint density at radius 2 is 2.11 bits per heavy atom. The molecule has 1 aromatic rings. The van der Waals surface area contributed by atoms with Crippen LogP contribution in [0, 0.1) is 6.92 Å². The van der Waals surface area contributed by atoms with Gasteiger partial charge in [-0.05, 0) is 56.6 Å². The number of nitrogen functional groups attached to an aromatic ring is 1. The van der Waals surface area contributed by atoms with E-state index in [0.717, 1.165) is 36.6 Å². The van der Waals surface area contributed by atoms with E-state index in [1.807, 2.05) is 25.1 Å². The van der Waals surface area contributed by atoms with E-state index in [4.69, 9.17) is 5.73 Å². The van der Waals surface area contributed by atoms with Gasteiger partial charge < -0.3 is 16.0 Å². The molecule has 0 spiro atoms. The van der Waals surface area contributed by atoms with Crippen LogP contribution in [0.4, 0.5) is 11.4 Å². The van der Waals surface area contributed by atoms with Crippen LogP contribution in [0.15, 0.2) is 18.2 Å². The minimum Gasteiger partial charge on any atom is -0.399 e. The lowest BCUT2D eigenvalue weighted by Crippen LogP contribution is -2.25. The zero-order chi connectivity index (χ0) is 13.0. The lowest BCUT2D eigenvalue weighted by Gasteiger charge is -2.14. The molecule has 18 heavy (non-hydrogen) atoms. The summed E-state index contributed by atoms with van der Waals surface area (Å²) in [5.41, 5.74) is 8.27. The van der Waals surface area contributed by atoms with Crippen molar-refractivity contribution >= 4 is 17.3 Å². The molecular weight excluding hydrogens is 226 g/mol. The Balaban J connectivity index is 1.82. The average molecular weight is 247 g/mol. The number of carbonyl (C=O) groups is 1. The molecule has 0 radical (unpaired) electrons. The highest BCUT2D eigenvalue weighted by molar-refractivity contribution is 5.91. The molecule has 0 bridgehead atoms. The van der Waals surface area contributed by atoms with E-state index in [-0.39, 0.29) is 5.91 Å². The zero-order valence-corrected chi connectivity index (χ0v) is 10.9. The van der Waals surface area contributed by atoms with Gasteiger partial charge in [0.2, 0.25) is 5.91 Å². The lowest BCUT2D eigenvalue weighted by atomic mass is 10.2. The van der Waals surface area contributed by atoms with Crippen LogP contribution in [0.2, 0.25) is 0 Å². The average Bonchev–Trinajstić information content (AvgIpc) is 2.83. The number of amides is 1. The van der Waals surface area contributed by atoms with Crippen molar-refractivity contribution in [2.24, 2.45) is 0 Å². The van der Waals surface area contributed by atoms with E-state index in [1.54, 1.807) is 0 Å². The maximum absolute atomic E-state index is 11.8. The van der Waals surface area contributed by atoms with Gasteiger partial charge >= 0.3 is 0 Å². The molecule has 1 fully saturated rings. The van der Waals surface area contributed by atoms with Gasteiger partial charge in [0.1, 0.15) is 0 Å². The molecule has 1 aliphatic rings. The predicted octanol–water partition coefficient (Wildman–Crippen LogP) is 2.00. The van der Waals surface area contributed by atoms with Gasteiger partial charge in [-0.15, -0.1) is 0 Å². The first kappa shape index (κ1) is 12.9. The molecular formula is C14H21N3O. The van der Waals surface area contributed by atoms with Gasteiger partial charge in [-0.3, -0.25) is 4.79 Å². The standard InChI is InChI=1S/C14H21N3O/c1-11-10-12(15)4-5-13(11)16-14(18)6-9-17-7-2-3-8-17/h4-5,10H,2-3,6-9,15H2,1H3,(H,16,18). The third-order valence-electron chi connectivity index (χ3n) is 3.38. The number of nitrogens with zero attached hydrogens (tertiary/aromatic N) is 1. The molecule has 4 nitrogen and oxygen atoms in total. The number of likely N-dealkylation sites (tertiary alicyclic amines) is 1. The summed E-state index contributed by atoms with van der Waals surface area (Å²) in [6.45, 7) is 5.08. The van der Waals surface area contributed by atoms with E-state index in [2.05, 4.69) is 10.2 Å². The van der Waals surface area contributed by atoms with Crippen LogP contribution < -0.4 is 11.1 Å². The van der Waals surface area contributed by atoms with Crippen molar-refractivity contribution in [1.82, 2.24) is 4.90 Å². The number of benzene rings is 1. The normalized spacial score (nSPS) is 15.8. The minimum absolute atomic E-state index is 0.0785. The van der Waals surface area contributed by atoms with Crippen LogP contribution in [-0.2, 0) is 4.79 Å². The second kappa shape index (κ2) is 5.87. The molecule has 0 aromatic heterocycles. The summed E-state index contributed by atoms with van der Waals surface area (Å²) in [6.07, 6.45) is 3.08. The second-order valence-electron chi connectivity index (χ2n) is 4.92. The Kier molecular flexibility index (Phi) is 4.20. The van der Waals surface area contributed by atoms with Crippen molar-refractivity contribution in [3.8, 4) is 0 Å². The number of hydrogen-bond acceptors (Lipinski definition) is 3. The number of aryl methyl sites for hydroxylation is 1.